The van der Waals surface area contributed by atoms with Crippen molar-refractivity contribution in [1.82, 2.24) is 0 Å². The number of hydrogen-bond acceptors (Lipinski definition) is 4. The zero-order valence-corrected chi connectivity index (χ0v) is 8.33. The van der Waals surface area contributed by atoms with Crippen LogP contribution in [0.5, 0.6) is 5.75 Å². The molecule has 0 saturated carbocycles. The minimum Gasteiger partial charge on any atom is -0.426 e. The second-order valence-corrected chi connectivity index (χ2v) is 2.96. The summed E-state index contributed by atoms with van der Waals surface area (Å²) < 4.78 is 4.86. The van der Waals surface area contributed by atoms with Gasteiger partial charge in [-0.05, 0) is 18.1 Å². The summed E-state index contributed by atoms with van der Waals surface area (Å²) in [7, 11) is 0. The molecule has 1 aromatic rings. The molecule has 1 rings (SSSR count). The molecule has 0 radical (unpaired) electrons. The number of carbonyl (C=O) groups is 1. The van der Waals surface area contributed by atoms with Crippen molar-refractivity contribution in [2.45, 2.75) is 12.5 Å². The van der Waals surface area contributed by atoms with E-state index in [1.165, 1.54) is 0 Å². The van der Waals surface area contributed by atoms with Gasteiger partial charge in [-0.25, -0.2) is 0 Å². The second kappa shape index (κ2) is 5.51. The standard InChI is InChI=1S/C11H9NO4/c1-2-9(12(14)15)8-11(13)16-10-6-4-3-5-7-10/h1,3-7,9H,8H2. The van der Waals surface area contributed by atoms with E-state index in [0.717, 1.165) is 0 Å². The lowest BCUT2D eigenvalue weighted by molar-refractivity contribution is -0.505. The third-order valence-corrected chi connectivity index (χ3v) is 1.78. The van der Waals surface area contributed by atoms with Gasteiger partial charge in [-0.3, -0.25) is 14.9 Å². The van der Waals surface area contributed by atoms with Crippen LogP contribution in [-0.2, 0) is 4.79 Å². The fraction of sp³-hybridized carbons (Fsp3) is 0.182. The Morgan fingerprint density at radius 3 is 2.62 bits per heavy atom. The predicted molar refractivity (Wildman–Crippen MR) is 56.3 cm³/mol. The SMILES string of the molecule is C#CC(CC(=O)Oc1ccccc1)[N+](=O)[O-]. The average Bonchev–Trinajstić information content (AvgIpc) is 2.27. The van der Waals surface area contributed by atoms with Crippen molar-refractivity contribution in [2.75, 3.05) is 0 Å². The van der Waals surface area contributed by atoms with Crippen LogP contribution >= 0.6 is 0 Å². The van der Waals surface area contributed by atoms with Gasteiger partial charge in [0, 0.05) is 4.92 Å². The zero-order valence-electron chi connectivity index (χ0n) is 8.33. The number of nitro groups is 1. The summed E-state index contributed by atoms with van der Waals surface area (Å²) in [6.07, 6.45) is 4.48. The van der Waals surface area contributed by atoms with E-state index in [4.69, 9.17) is 11.2 Å². The van der Waals surface area contributed by atoms with Crippen LogP contribution in [0.3, 0.4) is 0 Å². The van der Waals surface area contributed by atoms with Crippen molar-refractivity contribution in [1.29, 1.82) is 0 Å². The highest BCUT2D eigenvalue weighted by atomic mass is 16.6. The maximum Gasteiger partial charge on any atom is 0.319 e. The summed E-state index contributed by atoms with van der Waals surface area (Å²) in [4.78, 5) is 20.9. The van der Waals surface area contributed by atoms with E-state index in [1.54, 1.807) is 30.3 Å². The number of para-hydroxylation sites is 1. The summed E-state index contributed by atoms with van der Waals surface area (Å²) in [5.41, 5.74) is 0. The normalized spacial score (nSPS) is 11.2. The van der Waals surface area contributed by atoms with Crippen molar-refractivity contribution in [3.63, 3.8) is 0 Å². The maximum absolute atomic E-state index is 11.3. The number of benzene rings is 1. The van der Waals surface area contributed by atoms with Crippen molar-refractivity contribution in [2.24, 2.45) is 0 Å². The van der Waals surface area contributed by atoms with Crippen LogP contribution in [0.25, 0.3) is 0 Å². The number of carbonyl (C=O) groups excluding carboxylic acids is 1. The summed E-state index contributed by atoms with van der Waals surface area (Å²) in [6, 6.07) is 6.96. The van der Waals surface area contributed by atoms with E-state index in [1.807, 2.05) is 5.92 Å². The number of hydrogen-bond donors (Lipinski definition) is 0. The van der Waals surface area contributed by atoms with Crippen molar-refractivity contribution >= 4 is 5.97 Å². The molecule has 5 nitrogen and oxygen atoms in total. The smallest absolute Gasteiger partial charge is 0.319 e. The molecule has 16 heavy (non-hydrogen) atoms. The van der Waals surface area contributed by atoms with Crippen LogP contribution in [0.15, 0.2) is 30.3 Å². The first-order valence-electron chi connectivity index (χ1n) is 4.49. The molecule has 0 aromatic heterocycles. The highest BCUT2D eigenvalue weighted by Crippen LogP contribution is 2.10. The van der Waals surface area contributed by atoms with Crippen LogP contribution in [0.2, 0.25) is 0 Å². The van der Waals surface area contributed by atoms with E-state index in [2.05, 4.69) is 0 Å². The highest BCUT2D eigenvalue weighted by molar-refractivity contribution is 5.73. The fourth-order valence-corrected chi connectivity index (χ4v) is 1.01. The summed E-state index contributed by atoms with van der Waals surface area (Å²) in [6.45, 7) is 0. The Balaban J connectivity index is 2.55. The van der Waals surface area contributed by atoms with E-state index < -0.39 is 23.4 Å². The van der Waals surface area contributed by atoms with Gasteiger partial charge >= 0.3 is 5.97 Å². The molecule has 5 heteroatoms. The first kappa shape index (κ1) is 11.7. The van der Waals surface area contributed by atoms with Crippen LogP contribution in [0.1, 0.15) is 6.42 Å². The molecule has 0 bridgehead atoms. The minimum atomic E-state index is -1.34. The molecule has 0 aliphatic rings. The van der Waals surface area contributed by atoms with Gasteiger partial charge in [0.25, 0.3) is 6.04 Å². The van der Waals surface area contributed by atoms with Gasteiger partial charge in [-0.1, -0.05) is 18.2 Å². The third kappa shape index (κ3) is 3.42. The summed E-state index contributed by atoms with van der Waals surface area (Å²) in [5.74, 6) is 1.54. The number of ether oxygens (including phenoxy) is 1. The molecule has 0 fully saturated rings. The molecule has 82 valence electrons. The van der Waals surface area contributed by atoms with Gasteiger partial charge in [0.2, 0.25) is 0 Å². The van der Waals surface area contributed by atoms with Crippen molar-refractivity contribution < 1.29 is 14.5 Å². The van der Waals surface area contributed by atoms with Crippen LogP contribution in [-0.4, -0.2) is 16.9 Å². The highest BCUT2D eigenvalue weighted by Gasteiger charge is 2.22. The Hall–Kier alpha value is -2.35. The average molecular weight is 219 g/mol. The number of rotatable bonds is 4. The van der Waals surface area contributed by atoms with E-state index in [9.17, 15) is 14.9 Å². The zero-order chi connectivity index (χ0) is 12.0. The maximum atomic E-state index is 11.3. The largest absolute Gasteiger partial charge is 0.426 e. The molecule has 0 aliphatic heterocycles. The van der Waals surface area contributed by atoms with E-state index in [0.29, 0.717) is 5.75 Å². The van der Waals surface area contributed by atoms with Gasteiger partial charge in [0.1, 0.15) is 12.2 Å². The fourth-order valence-electron chi connectivity index (χ4n) is 1.01. The van der Waals surface area contributed by atoms with E-state index >= 15 is 0 Å². The Morgan fingerprint density at radius 2 is 2.12 bits per heavy atom. The Labute approximate surface area is 92.2 Å². The topological polar surface area (TPSA) is 69.4 Å². The molecule has 1 atom stereocenters. The molecule has 0 heterocycles. The molecule has 0 N–H and O–H groups in total. The monoisotopic (exact) mass is 219 g/mol. The van der Waals surface area contributed by atoms with Crippen LogP contribution in [0, 0.1) is 22.5 Å². The lowest BCUT2D eigenvalue weighted by Gasteiger charge is -2.04. The quantitative estimate of drug-likeness (QED) is 0.251. The first-order valence-corrected chi connectivity index (χ1v) is 4.49. The lowest BCUT2D eigenvalue weighted by atomic mass is 10.2. The lowest BCUT2D eigenvalue weighted by Crippen LogP contribution is -2.23. The van der Waals surface area contributed by atoms with Gasteiger partial charge in [-0.15, -0.1) is 6.42 Å². The number of terminal acetylenes is 1. The molecule has 1 unspecified atom stereocenters. The van der Waals surface area contributed by atoms with E-state index in [-0.39, 0.29) is 0 Å². The third-order valence-electron chi connectivity index (χ3n) is 1.78. The molecule has 0 saturated heterocycles. The molecule has 1 aromatic carbocycles. The molecular formula is C11H9NO4. The van der Waals surface area contributed by atoms with Gasteiger partial charge in [0.15, 0.2) is 0 Å². The molecule has 0 aliphatic carbocycles. The number of esters is 1. The van der Waals surface area contributed by atoms with Crippen molar-refractivity contribution in [3.8, 4) is 18.1 Å². The first-order chi connectivity index (χ1) is 7.63. The van der Waals surface area contributed by atoms with Crippen LogP contribution < -0.4 is 4.74 Å². The minimum absolute atomic E-state index is 0.339. The van der Waals surface area contributed by atoms with Gasteiger partial charge in [0.05, 0.1) is 0 Å². The Morgan fingerprint density at radius 1 is 1.50 bits per heavy atom. The summed E-state index contributed by atoms with van der Waals surface area (Å²) >= 11 is 0. The molecule has 0 spiro atoms. The second-order valence-electron chi connectivity index (χ2n) is 2.96. The molecule has 0 amide bonds. The van der Waals surface area contributed by atoms with Crippen molar-refractivity contribution in [3.05, 3.63) is 40.4 Å². The molecular weight excluding hydrogens is 210 g/mol. The number of nitrogens with zero attached hydrogens (tertiary/aromatic N) is 1. The van der Waals surface area contributed by atoms with Gasteiger partial charge < -0.3 is 4.74 Å². The Kier molecular flexibility index (Phi) is 4.04. The van der Waals surface area contributed by atoms with Crippen LogP contribution in [0.4, 0.5) is 0 Å². The predicted octanol–water partition coefficient (Wildman–Crippen LogP) is 1.26. The summed E-state index contributed by atoms with van der Waals surface area (Å²) in [5, 5.41) is 10.4. The van der Waals surface area contributed by atoms with Gasteiger partial charge in [-0.2, -0.15) is 0 Å². The Bertz CT molecular complexity index is 421.